The summed E-state index contributed by atoms with van der Waals surface area (Å²) in [5, 5.41) is 7.51. The number of amides is 1. The van der Waals surface area contributed by atoms with E-state index in [1.165, 1.54) is 6.42 Å². The van der Waals surface area contributed by atoms with E-state index in [1.54, 1.807) is 12.4 Å². The van der Waals surface area contributed by atoms with Gasteiger partial charge in [-0.15, -0.1) is 0 Å². The van der Waals surface area contributed by atoms with E-state index in [0.717, 1.165) is 38.2 Å². The first-order chi connectivity index (χ1) is 12.1. The molecule has 1 saturated heterocycles. The zero-order valence-corrected chi connectivity index (χ0v) is 15.1. The van der Waals surface area contributed by atoms with Crippen LogP contribution in [0.15, 0.2) is 36.8 Å². The zero-order valence-electron chi connectivity index (χ0n) is 15.1. The standard InChI is InChI=1S/C19H27N5O/c1-15(2)22-18-8-7-16(14-20-18)19(25)24-12-4-3-6-17(24)9-13-23-11-5-10-21-23/h5,7-8,10-11,14-15,17H,3-4,6,9,12-13H2,1-2H3,(H,20,22)/t17-/m0/s1. The van der Waals surface area contributed by atoms with Gasteiger partial charge >= 0.3 is 0 Å². The van der Waals surface area contributed by atoms with E-state index in [1.807, 2.05) is 34.0 Å². The van der Waals surface area contributed by atoms with Gasteiger partial charge in [0, 0.05) is 43.8 Å². The quantitative estimate of drug-likeness (QED) is 0.876. The Labute approximate surface area is 149 Å². The topological polar surface area (TPSA) is 63.1 Å². The molecule has 1 N–H and O–H groups in total. The number of hydrogen-bond donors (Lipinski definition) is 1. The molecule has 6 heteroatoms. The predicted molar refractivity (Wildman–Crippen MR) is 98.5 cm³/mol. The Balaban J connectivity index is 1.65. The molecule has 0 unspecified atom stereocenters. The molecule has 3 heterocycles. The van der Waals surface area contributed by atoms with Crippen LogP contribution >= 0.6 is 0 Å². The van der Waals surface area contributed by atoms with Crippen molar-refractivity contribution in [3.05, 3.63) is 42.4 Å². The number of anilines is 1. The van der Waals surface area contributed by atoms with Crippen LogP contribution in [0.1, 0.15) is 49.9 Å². The number of carbonyl (C=O) groups excluding carboxylic acids is 1. The van der Waals surface area contributed by atoms with Crippen molar-refractivity contribution >= 4 is 11.7 Å². The summed E-state index contributed by atoms with van der Waals surface area (Å²) in [5.41, 5.74) is 0.667. The lowest BCUT2D eigenvalue weighted by Gasteiger charge is -2.36. The second-order valence-electron chi connectivity index (χ2n) is 6.94. The molecular formula is C19H27N5O. The number of aryl methyl sites for hydroxylation is 1. The summed E-state index contributed by atoms with van der Waals surface area (Å²) in [6, 6.07) is 6.29. The minimum absolute atomic E-state index is 0.0914. The first-order valence-electron chi connectivity index (χ1n) is 9.14. The van der Waals surface area contributed by atoms with Crippen molar-refractivity contribution in [2.45, 2.75) is 58.2 Å². The molecular weight excluding hydrogens is 314 g/mol. The molecule has 1 fully saturated rings. The molecule has 3 rings (SSSR count). The van der Waals surface area contributed by atoms with Gasteiger partial charge in [-0.05, 0) is 57.7 Å². The van der Waals surface area contributed by atoms with Crippen molar-refractivity contribution in [3.63, 3.8) is 0 Å². The van der Waals surface area contributed by atoms with Crippen LogP contribution in [0.25, 0.3) is 0 Å². The molecule has 0 bridgehead atoms. The molecule has 1 aliphatic heterocycles. The fraction of sp³-hybridized carbons (Fsp3) is 0.526. The van der Waals surface area contributed by atoms with E-state index >= 15 is 0 Å². The third-order valence-electron chi connectivity index (χ3n) is 4.59. The van der Waals surface area contributed by atoms with E-state index in [4.69, 9.17) is 0 Å². The molecule has 1 aliphatic rings. The maximum atomic E-state index is 12.9. The van der Waals surface area contributed by atoms with Crippen LogP contribution in [0, 0.1) is 0 Å². The van der Waals surface area contributed by atoms with Crippen LogP contribution in [0.2, 0.25) is 0 Å². The minimum atomic E-state index is 0.0914. The lowest BCUT2D eigenvalue weighted by atomic mass is 9.98. The lowest BCUT2D eigenvalue weighted by molar-refractivity contribution is 0.0593. The molecule has 25 heavy (non-hydrogen) atoms. The summed E-state index contributed by atoms with van der Waals surface area (Å²) in [5.74, 6) is 0.897. The number of aromatic nitrogens is 3. The molecule has 0 aliphatic carbocycles. The highest BCUT2D eigenvalue weighted by molar-refractivity contribution is 5.94. The SMILES string of the molecule is CC(C)Nc1ccc(C(=O)N2CCCC[C@H]2CCn2cccn2)cn1. The van der Waals surface area contributed by atoms with Gasteiger partial charge in [0.15, 0.2) is 0 Å². The molecule has 1 atom stereocenters. The van der Waals surface area contributed by atoms with Gasteiger partial charge in [0.25, 0.3) is 5.91 Å². The van der Waals surface area contributed by atoms with Gasteiger partial charge in [0.2, 0.25) is 0 Å². The maximum Gasteiger partial charge on any atom is 0.255 e. The fourth-order valence-electron chi connectivity index (χ4n) is 3.35. The van der Waals surface area contributed by atoms with Gasteiger partial charge in [0.05, 0.1) is 5.56 Å². The highest BCUT2D eigenvalue weighted by atomic mass is 16.2. The molecule has 0 spiro atoms. The number of piperidine rings is 1. The number of rotatable bonds is 6. The average molecular weight is 341 g/mol. The third-order valence-corrected chi connectivity index (χ3v) is 4.59. The van der Waals surface area contributed by atoms with Crippen LogP contribution in [0.3, 0.4) is 0 Å². The molecule has 0 saturated carbocycles. The smallest absolute Gasteiger partial charge is 0.255 e. The van der Waals surface area contributed by atoms with Gasteiger partial charge in [-0.3, -0.25) is 9.48 Å². The van der Waals surface area contributed by atoms with Crippen LogP contribution in [-0.2, 0) is 6.54 Å². The Morgan fingerprint density at radius 2 is 2.24 bits per heavy atom. The first-order valence-corrected chi connectivity index (χ1v) is 9.14. The third kappa shape index (κ3) is 4.59. The first kappa shape index (κ1) is 17.5. The summed E-state index contributed by atoms with van der Waals surface area (Å²) >= 11 is 0. The van der Waals surface area contributed by atoms with Crippen molar-refractivity contribution in [1.82, 2.24) is 19.7 Å². The summed E-state index contributed by atoms with van der Waals surface area (Å²) in [6.07, 6.45) is 9.71. The van der Waals surface area contributed by atoms with E-state index in [-0.39, 0.29) is 11.9 Å². The van der Waals surface area contributed by atoms with Crippen molar-refractivity contribution in [1.29, 1.82) is 0 Å². The van der Waals surface area contributed by atoms with Crippen molar-refractivity contribution in [2.24, 2.45) is 0 Å². The zero-order chi connectivity index (χ0) is 17.6. The second kappa shape index (κ2) is 8.14. The number of nitrogens with one attached hydrogen (secondary N) is 1. The number of hydrogen-bond acceptors (Lipinski definition) is 4. The lowest BCUT2D eigenvalue weighted by Crippen LogP contribution is -2.44. The monoisotopic (exact) mass is 341 g/mol. The molecule has 0 aromatic carbocycles. The summed E-state index contributed by atoms with van der Waals surface area (Å²) < 4.78 is 1.94. The van der Waals surface area contributed by atoms with E-state index in [9.17, 15) is 4.79 Å². The van der Waals surface area contributed by atoms with Crippen LogP contribution in [-0.4, -0.2) is 44.2 Å². The summed E-state index contributed by atoms with van der Waals surface area (Å²) in [6.45, 7) is 5.81. The Morgan fingerprint density at radius 3 is 2.92 bits per heavy atom. The molecule has 2 aromatic rings. The molecule has 6 nitrogen and oxygen atoms in total. The van der Waals surface area contributed by atoms with Crippen molar-refractivity contribution in [2.75, 3.05) is 11.9 Å². The van der Waals surface area contributed by atoms with Gasteiger partial charge in [-0.1, -0.05) is 0 Å². The van der Waals surface area contributed by atoms with Crippen molar-refractivity contribution < 1.29 is 4.79 Å². The highest BCUT2D eigenvalue weighted by Crippen LogP contribution is 2.22. The Bertz CT molecular complexity index is 666. The van der Waals surface area contributed by atoms with Gasteiger partial charge in [-0.25, -0.2) is 4.98 Å². The Morgan fingerprint density at radius 1 is 1.36 bits per heavy atom. The van der Waals surface area contributed by atoms with Gasteiger partial charge in [0.1, 0.15) is 5.82 Å². The number of pyridine rings is 1. The normalized spacial score (nSPS) is 17.7. The van der Waals surface area contributed by atoms with E-state index in [2.05, 4.69) is 29.2 Å². The largest absolute Gasteiger partial charge is 0.368 e. The van der Waals surface area contributed by atoms with Gasteiger partial charge in [-0.2, -0.15) is 5.10 Å². The summed E-state index contributed by atoms with van der Waals surface area (Å²) in [4.78, 5) is 19.3. The Hall–Kier alpha value is -2.37. The number of nitrogens with zero attached hydrogens (tertiary/aromatic N) is 4. The molecule has 0 radical (unpaired) electrons. The van der Waals surface area contributed by atoms with E-state index < -0.39 is 0 Å². The number of likely N-dealkylation sites (tertiary alicyclic amines) is 1. The summed E-state index contributed by atoms with van der Waals surface area (Å²) in [7, 11) is 0. The predicted octanol–water partition coefficient (Wildman–Crippen LogP) is 3.18. The van der Waals surface area contributed by atoms with E-state index in [0.29, 0.717) is 11.6 Å². The van der Waals surface area contributed by atoms with Crippen LogP contribution in [0.4, 0.5) is 5.82 Å². The second-order valence-corrected chi connectivity index (χ2v) is 6.94. The molecule has 134 valence electrons. The van der Waals surface area contributed by atoms with Crippen molar-refractivity contribution in [3.8, 4) is 0 Å². The molecule has 2 aromatic heterocycles. The Kier molecular flexibility index (Phi) is 5.68. The molecule has 1 amide bonds. The fourth-order valence-corrected chi connectivity index (χ4v) is 3.35. The maximum absolute atomic E-state index is 12.9. The average Bonchev–Trinajstić information content (AvgIpc) is 3.13. The minimum Gasteiger partial charge on any atom is -0.368 e. The highest BCUT2D eigenvalue weighted by Gasteiger charge is 2.27. The number of carbonyl (C=O) groups is 1. The van der Waals surface area contributed by atoms with Crippen LogP contribution < -0.4 is 5.32 Å². The van der Waals surface area contributed by atoms with Gasteiger partial charge < -0.3 is 10.2 Å². The van der Waals surface area contributed by atoms with Crippen LogP contribution in [0.5, 0.6) is 0 Å².